The van der Waals surface area contributed by atoms with Crippen molar-refractivity contribution in [2.24, 2.45) is 11.7 Å². The molecular weight excluding hydrogens is 330 g/mol. The first kappa shape index (κ1) is 16.4. The van der Waals surface area contributed by atoms with Crippen LogP contribution in [0.1, 0.15) is 19.3 Å². The number of H-pyrrole nitrogens is 1. The molecule has 4 rings (SSSR count). The van der Waals surface area contributed by atoms with Gasteiger partial charge in [-0.25, -0.2) is 9.67 Å². The van der Waals surface area contributed by atoms with E-state index < -0.39 is 5.91 Å². The van der Waals surface area contributed by atoms with E-state index >= 15 is 0 Å². The Kier molecular flexibility index (Phi) is 4.43. The van der Waals surface area contributed by atoms with Crippen LogP contribution in [0.3, 0.4) is 0 Å². The van der Waals surface area contributed by atoms with E-state index in [1.165, 1.54) is 6.42 Å². The molecule has 0 spiro atoms. The zero-order valence-electron chi connectivity index (χ0n) is 14.4. The smallest absolute Gasteiger partial charge is 0.255 e. The number of rotatable bonds is 6. The standard InChI is InChI=1S/C19H21N5O2/c20-17(25)12-26-16-9-5-4-8-14(16)18-22-15-10-21-24(19(15)23-18)11-13-6-2-1-3-7-13/h1-2,4-5,8-10,13H,3,6-7,11-12H2,(H2,20,25)(H,22,23)/t13-/m0/s1. The molecule has 0 radical (unpaired) electrons. The summed E-state index contributed by atoms with van der Waals surface area (Å²) < 4.78 is 7.48. The first-order chi connectivity index (χ1) is 12.7. The van der Waals surface area contributed by atoms with Crippen molar-refractivity contribution < 1.29 is 9.53 Å². The summed E-state index contributed by atoms with van der Waals surface area (Å²) in [6.07, 6.45) is 9.69. The van der Waals surface area contributed by atoms with E-state index in [4.69, 9.17) is 15.5 Å². The average Bonchev–Trinajstić information content (AvgIpc) is 3.23. The number of nitrogens with two attached hydrogens (primary N) is 1. The van der Waals surface area contributed by atoms with Crippen molar-refractivity contribution in [2.75, 3.05) is 6.61 Å². The van der Waals surface area contributed by atoms with Crippen molar-refractivity contribution in [2.45, 2.75) is 25.8 Å². The van der Waals surface area contributed by atoms with Crippen molar-refractivity contribution in [3.63, 3.8) is 0 Å². The number of aromatic amines is 1. The van der Waals surface area contributed by atoms with Crippen LogP contribution in [0.25, 0.3) is 22.6 Å². The molecule has 2 heterocycles. The molecule has 1 aromatic carbocycles. The Labute approximate surface area is 150 Å². The Morgan fingerprint density at radius 3 is 3.04 bits per heavy atom. The summed E-state index contributed by atoms with van der Waals surface area (Å²) in [6.45, 7) is 0.693. The molecule has 26 heavy (non-hydrogen) atoms. The molecule has 1 aliphatic carbocycles. The third kappa shape index (κ3) is 3.33. The number of nitrogens with zero attached hydrogens (tertiary/aromatic N) is 3. The molecule has 0 saturated heterocycles. The van der Waals surface area contributed by atoms with Gasteiger partial charge in [0.25, 0.3) is 5.91 Å². The number of imidazole rings is 1. The van der Waals surface area contributed by atoms with E-state index in [2.05, 4.69) is 22.2 Å². The molecule has 1 aliphatic rings. The molecule has 1 amide bonds. The SMILES string of the molecule is NC(=O)COc1ccccc1-c1nc2c(cnn2C[C@H]2CC=CCC2)[nH]1. The van der Waals surface area contributed by atoms with Crippen LogP contribution in [0.4, 0.5) is 0 Å². The Morgan fingerprint density at radius 1 is 1.35 bits per heavy atom. The minimum atomic E-state index is -0.512. The number of carbonyl (C=O) groups excluding carboxylic acids is 1. The fraction of sp³-hybridized carbons (Fsp3) is 0.316. The predicted octanol–water partition coefficient (Wildman–Crippen LogP) is 2.65. The summed E-state index contributed by atoms with van der Waals surface area (Å²) in [5, 5.41) is 4.47. The number of primary amides is 1. The normalized spacial score (nSPS) is 16.8. The fourth-order valence-electron chi connectivity index (χ4n) is 3.31. The van der Waals surface area contributed by atoms with Gasteiger partial charge in [-0.05, 0) is 37.3 Å². The lowest BCUT2D eigenvalue weighted by Crippen LogP contribution is -2.20. The van der Waals surface area contributed by atoms with Crippen LogP contribution in [0.2, 0.25) is 0 Å². The number of hydrogen-bond acceptors (Lipinski definition) is 4. The lowest BCUT2D eigenvalue weighted by molar-refractivity contribution is -0.119. The van der Waals surface area contributed by atoms with Crippen LogP contribution in [0.5, 0.6) is 5.75 Å². The van der Waals surface area contributed by atoms with Gasteiger partial charge in [0.05, 0.1) is 11.8 Å². The minimum Gasteiger partial charge on any atom is -0.483 e. The Balaban J connectivity index is 1.62. The summed E-state index contributed by atoms with van der Waals surface area (Å²) in [5.41, 5.74) is 7.69. The number of benzene rings is 1. The van der Waals surface area contributed by atoms with E-state index in [-0.39, 0.29) is 6.61 Å². The largest absolute Gasteiger partial charge is 0.483 e. The molecule has 7 nitrogen and oxygen atoms in total. The number of aromatic nitrogens is 4. The van der Waals surface area contributed by atoms with Gasteiger partial charge in [0.2, 0.25) is 0 Å². The Hall–Kier alpha value is -3.09. The maximum absolute atomic E-state index is 11.0. The third-order valence-corrected chi connectivity index (χ3v) is 4.60. The van der Waals surface area contributed by atoms with Gasteiger partial charge >= 0.3 is 0 Å². The Morgan fingerprint density at radius 2 is 2.23 bits per heavy atom. The quantitative estimate of drug-likeness (QED) is 0.667. The number of para-hydroxylation sites is 1. The van der Waals surface area contributed by atoms with Crippen molar-refractivity contribution in [3.8, 4) is 17.1 Å². The number of nitrogens with one attached hydrogen (secondary N) is 1. The van der Waals surface area contributed by atoms with Crippen LogP contribution >= 0.6 is 0 Å². The van der Waals surface area contributed by atoms with Gasteiger partial charge in [0.15, 0.2) is 12.3 Å². The van der Waals surface area contributed by atoms with Gasteiger partial charge in [0, 0.05) is 6.54 Å². The van der Waals surface area contributed by atoms with E-state index in [1.807, 2.05) is 22.9 Å². The van der Waals surface area contributed by atoms with Gasteiger partial charge < -0.3 is 15.5 Å². The third-order valence-electron chi connectivity index (χ3n) is 4.60. The van der Waals surface area contributed by atoms with Gasteiger partial charge in [-0.2, -0.15) is 5.10 Å². The highest BCUT2D eigenvalue weighted by Gasteiger charge is 2.17. The van der Waals surface area contributed by atoms with Crippen molar-refractivity contribution in [3.05, 3.63) is 42.6 Å². The van der Waals surface area contributed by atoms with Crippen molar-refractivity contribution in [1.82, 2.24) is 19.7 Å². The molecule has 0 bridgehead atoms. The second-order valence-electron chi connectivity index (χ2n) is 6.55. The number of ether oxygens (including phenoxy) is 1. The summed E-state index contributed by atoms with van der Waals surface area (Å²) in [7, 11) is 0. The maximum Gasteiger partial charge on any atom is 0.255 e. The average molecular weight is 351 g/mol. The highest BCUT2D eigenvalue weighted by molar-refractivity contribution is 5.78. The van der Waals surface area contributed by atoms with Crippen LogP contribution in [-0.4, -0.2) is 32.3 Å². The number of hydrogen-bond donors (Lipinski definition) is 2. The van der Waals surface area contributed by atoms with Crippen molar-refractivity contribution in [1.29, 1.82) is 0 Å². The molecule has 3 aromatic rings. The molecule has 0 fully saturated rings. The first-order valence-electron chi connectivity index (χ1n) is 8.77. The van der Waals surface area contributed by atoms with E-state index in [1.54, 1.807) is 12.3 Å². The minimum absolute atomic E-state index is 0.166. The summed E-state index contributed by atoms with van der Waals surface area (Å²) >= 11 is 0. The second kappa shape index (κ2) is 7.03. The number of allylic oxidation sites excluding steroid dienone is 2. The number of carbonyl (C=O) groups is 1. The van der Waals surface area contributed by atoms with Crippen molar-refractivity contribution >= 4 is 17.1 Å². The molecule has 0 aliphatic heterocycles. The topological polar surface area (TPSA) is 98.8 Å². The highest BCUT2D eigenvalue weighted by Crippen LogP contribution is 2.30. The zero-order valence-corrected chi connectivity index (χ0v) is 14.4. The summed E-state index contributed by atoms with van der Waals surface area (Å²) in [6, 6.07) is 7.45. The van der Waals surface area contributed by atoms with Gasteiger partial charge in [-0.3, -0.25) is 4.79 Å². The molecule has 2 aromatic heterocycles. The summed E-state index contributed by atoms with van der Waals surface area (Å²) in [4.78, 5) is 19.0. The lowest BCUT2D eigenvalue weighted by Gasteiger charge is -2.17. The monoisotopic (exact) mass is 351 g/mol. The van der Waals surface area contributed by atoms with E-state index in [0.29, 0.717) is 17.5 Å². The van der Waals surface area contributed by atoms with Crippen LogP contribution in [0, 0.1) is 5.92 Å². The molecule has 0 saturated carbocycles. The van der Waals surface area contributed by atoms with E-state index in [0.717, 1.165) is 36.1 Å². The molecule has 134 valence electrons. The van der Waals surface area contributed by atoms with Gasteiger partial charge in [0.1, 0.15) is 17.1 Å². The predicted molar refractivity (Wildman–Crippen MR) is 98.5 cm³/mol. The van der Waals surface area contributed by atoms with E-state index in [9.17, 15) is 4.79 Å². The molecule has 3 N–H and O–H groups in total. The second-order valence-corrected chi connectivity index (χ2v) is 6.55. The molecule has 1 atom stereocenters. The molecule has 0 unspecified atom stereocenters. The van der Waals surface area contributed by atoms with Crippen LogP contribution in [-0.2, 0) is 11.3 Å². The number of amides is 1. The Bertz CT molecular complexity index is 956. The highest BCUT2D eigenvalue weighted by atomic mass is 16.5. The molecule has 7 heteroatoms. The lowest BCUT2D eigenvalue weighted by atomic mass is 9.94. The van der Waals surface area contributed by atoms with Crippen LogP contribution < -0.4 is 10.5 Å². The summed E-state index contributed by atoms with van der Waals surface area (Å²) in [5.74, 6) is 1.34. The first-order valence-corrected chi connectivity index (χ1v) is 8.77. The zero-order chi connectivity index (χ0) is 17.9. The van der Waals surface area contributed by atoms with Gasteiger partial charge in [-0.1, -0.05) is 24.3 Å². The maximum atomic E-state index is 11.0. The fourth-order valence-corrected chi connectivity index (χ4v) is 3.31. The number of fused-ring (bicyclic) bond motifs is 1. The van der Waals surface area contributed by atoms with Crippen LogP contribution in [0.15, 0.2) is 42.6 Å². The van der Waals surface area contributed by atoms with Gasteiger partial charge in [-0.15, -0.1) is 0 Å². The molecular formula is C19H21N5O2.